The molecule has 0 fully saturated rings. The van der Waals surface area contributed by atoms with Crippen LogP contribution in [0.5, 0.6) is 0 Å². The van der Waals surface area contributed by atoms with E-state index in [0.29, 0.717) is 6.04 Å². The van der Waals surface area contributed by atoms with Gasteiger partial charge in [0.15, 0.2) is 0 Å². The van der Waals surface area contributed by atoms with Crippen molar-refractivity contribution in [2.24, 2.45) is 0 Å². The largest absolute Gasteiger partial charge is 0.314 e. The summed E-state index contributed by atoms with van der Waals surface area (Å²) in [7, 11) is 0. The zero-order chi connectivity index (χ0) is 12.5. The Morgan fingerprint density at radius 1 is 1.18 bits per heavy atom. The zero-order valence-corrected chi connectivity index (χ0v) is 11.8. The number of unbranched alkanes of at least 4 members (excludes halogenated alkanes) is 3. The summed E-state index contributed by atoms with van der Waals surface area (Å²) < 4.78 is 0. The Kier molecular flexibility index (Phi) is 7.30. The van der Waals surface area contributed by atoms with Crippen LogP contribution in [0.1, 0.15) is 45.1 Å². The second-order valence-electron chi connectivity index (χ2n) is 4.71. The van der Waals surface area contributed by atoms with Crippen molar-refractivity contribution < 1.29 is 0 Å². The molecule has 1 unspecified atom stereocenters. The van der Waals surface area contributed by atoms with Crippen molar-refractivity contribution in [1.82, 2.24) is 5.32 Å². The highest BCUT2D eigenvalue weighted by atomic mass is 35.5. The Hall–Kier alpha value is -0.530. The van der Waals surface area contributed by atoms with Crippen LogP contribution in [0, 0.1) is 0 Å². The van der Waals surface area contributed by atoms with E-state index in [1.165, 1.54) is 31.2 Å². The van der Waals surface area contributed by atoms with Crippen molar-refractivity contribution in [1.29, 1.82) is 0 Å². The van der Waals surface area contributed by atoms with E-state index in [9.17, 15) is 0 Å². The van der Waals surface area contributed by atoms with Crippen molar-refractivity contribution in [3.8, 4) is 0 Å². The van der Waals surface area contributed by atoms with Gasteiger partial charge < -0.3 is 5.32 Å². The summed E-state index contributed by atoms with van der Waals surface area (Å²) in [5, 5.41) is 4.44. The third-order valence-electron chi connectivity index (χ3n) is 3.01. The summed E-state index contributed by atoms with van der Waals surface area (Å²) in [4.78, 5) is 0. The van der Waals surface area contributed by atoms with Gasteiger partial charge in [-0.15, -0.1) is 0 Å². The fourth-order valence-electron chi connectivity index (χ4n) is 1.97. The van der Waals surface area contributed by atoms with E-state index in [1.807, 2.05) is 12.1 Å². The molecule has 0 saturated carbocycles. The molecule has 0 aromatic heterocycles. The quantitative estimate of drug-likeness (QED) is 0.676. The number of nitrogens with one attached hydrogen (secondary N) is 1. The molecule has 0 aliphatic rings. The average molecular weight is 254 g/mol. The van der Waals surface area contributed by atoms with Gasteiger partial charge in [0.2, 0.25) is 0 Å². The van der Waals surface area contributed by atoms with Crippen LogP contribution in [0.4, 0.5) is 0 Å². The Balaban J connectivity index is 2.21. The summed E-state index contributed by atoms with van der Waals surface area (Å²) in [6.07, 6.45) is 6.27. The first-order chi connectivity index (χ1) is 8.24. The summed E-state index contributed by atoms with van der Waals surface area (Å²) in [6.45, 7) is 5.59. The first-order valence-corrected chi connectivity index (χ1v) is 7.08. The van der Waals surface area contributed by atoms with E-state index in [-0.39, 0.29) is 0 Å². The maximum atomic E-state index is 6.14. The van der Waals surface area contributed by atoms with E-state index in [1.54, 1.807) is 0 Å². The molecule has 1 rings (SSSR count). The van der Waals surface area contributed by atoms with Crippen LogP contribution >= 0.6 is 11.6 Å². The molecule has 96 valence electrons. The summed E-state index contributed by atoms with van der Waals surface area (Å²) >= 11 is 6.14. The smallest absolute Gasteiger partial charge is 0.0438 e. The average Bonchev–Trinajstić information content (AvgIpc) is 2.32. The Labute approximate surface area is 111 Å². The molecule has 1 N–H and O–H groups in total. The molecule has 17 heavy (non-hydrogen) atoms. The predicted molar refractivity (Wildman–Crippen MR) is 76.8 cm³/mol. The first kappa shape index (κ1) is 14.5. The fourth-order valence-corrected chi connectivity index (χ4v) is 2.18. The van der Waals surface area contributed by atoms with Gasteiger partial charge in [0.1, 0.15) is 0 Å². The van der Waals surface area contributed by atoms with Crippen molar-refractivity contribution in [3.63, 3.8) is 0 Å². The van der Waals surface area contributed by atoms with Crippen LogP contribution in [0.15, 0.2) is 24.3 Å². The molecule has 1 aromatic carbocycles. The molecule has 0 heterocycles. The Morgan fingerprint density at radius 3 is 2.65 bits per heavy atom. The summed E-state index contributed by atoms with van der Waals surface area (Å²) in [6, 6.07) is 8.60. The van der Waals surface area contributed by atoms with Crippen LogP contribution < -0.4 is 5.32 Å². The van der Waals surface area contributed by atoms with Crippen LogP contribution in [0.25, 0.3) is 0 Å². The molecule has 0 bridgehead atoms. The van der Waals surface area contributed by atoms with Gasteiger partial charge in [-0.3, -0.25) is 0 Å². The van der Waals surface area contributed by atoms with Crippen molar-refractivity contribution >= 4 is 11.6 Å². The minimum absolute atomic E-state index is 0.497. The number of benzene rings is 1. The van der Waals surface area contributed by atoms with E-state index < -0.39 is 0 Å². The Bertz CT molecular complexity index is 312. The van der Waals surface area contributed by atoms with Gasteiger partial charge in [0.05, 0.1) is 0 Å². The molecule has 0 spiro atoms. The van der Waals surface area contributed by atoms with Crippen molar-refractivity contribution in [2.75, 3.05) is 6.54 Å². The standard InChI is InChI=1S/C15H24ClN/c1-3-4-5-8-11-17-13(2)12-14-9-6-7-10-15(14)16/h6-7,9-10,13,17H,3-5,8,11-12H2,1-2H3. The van der Waals surface area contributed by atoms with Gasteiger partial charge in [0, 0.05) is 11.1 Å². The number of rotatable bonds is 8. The van der Waals surface area contributed by atoms with Crippen molar-refractivity contribution in [2.45, 2.75) is 52.0 Å². The minimum Gasteiger partial charge on any atom is -0.314 e. The molecular weight excluding hydrogens is 230 g/mol. The first-order valence-electron chi connectivity index (χ1n) is 6.70. The highest BCUT2D eigenvalue weighted by Crippen LogP contribution is 2.16. The van der Waals surface area contributed by atoms with E-state index >= 15 is 0 Å². The van der Waals surface area contributed by atoms with E-state index in [0.717, 1.165) is 18.0 Å². The molecule has 0 saturated heterocycles. The summed E-state index contributed by atoms with van der Waals surface area (Å²) in [5.74, 6) is 0. The predicted octanol–water partition coefficient (Wildman–Crippen LogP) is 4.44. The van der Waals surface area contributed by atoms with Gasteiger partial charge in [-0.1, -0.05) is 56.0 Å². The van der Waals surface area contributed by atoms with Crippen molar-refractivity contribution in [3.05, 3.63) is 34.9 Å². The lowest BCUT2D eigenvalue weighted by Gasteiger charge is -2.14. The van der Waals surface area contributed by atoms with Crippen LogP contribution in [-0.4, -0.2) is 12.6 Å². The second kappa shape index (κ2) is 8.54. The lowest BCUT2D eigenvalue weighted by atomic mass is 10.1. The SMILES string of the molecule is CCCCCCNC(C)Cc1ccccc1Cl. The maximum absolute atomic E-state index is 6.14. The zero-order valence-electron chi connectivity index (χ0n) is 11.0. The van der Waals surface area contributed by atoms with Gasteiger partial charge in [0.25, 0.3) is 0 Å². The van der Waals surface area contributed by atoms with Gasteiger partial charge in [-0.05, 0) is 37.9 Å². The van der Waals surface area contributed by atoms with Crippen LogP contribution in [0.2, 0.25) is 5.02 Å². The van der Waals surface area contributed by atoms with Crippen LogP contribution in [-0.2, 0) is 6.42 Å². The highest BCUT2D eigenvalue weighted by molar-refractivity contribution is 6.31. The van der Waals surface area contributed by atoms with Gasteiger partial charge in [-0.25, -0.2) is 0 Å². The molecule has 1 atom stereocenters. The molecule has 1 nitrogen and oxygen atoms in total. The van der Waals surface area contributed by atoms with E-state index in [2.05, 4.69) is 31.3 Å². The number of hydrogen-bond acceptors (Lipinski definition) is 1. The highest BCUT2D eigenvalue weighted by Gasteiger charge is 2.05. The lowest BCUT2D eigenvalue weighted by molar-refractivity contribution is 0.518. The number of hydrogen-bond donors (Lipinski definition) is 1. The molecule has 0 aliphatic carbocycles. The molecule has 0 amide bonds. The molecule has 0 radical (unpaired) electrons. The second-order valence-corrected chi connectivity index (χ2v) is 5.12. The third kappa shape index (κ3) is 6.09. The Morgan fingerprint density at radius 2 is 1.94 bits per heavy atom. The molecular formula is C15H24ClN. The third-order valence-corrected chi connectivity index (χ3v) is 3.38. The minimum atomic E-state index is 0.497. The van der Waals surface area contributed by atoms with Gasteiger partial charge >= 0.3 is 0 Å². The lowest BCUT2D eigenvalue weighted by Crippen LogP contribution is -2.29. The fraction of sp³-hybridized carbons (Fsp3) is 0.600. The van der Waals surface area contributed by atoms with Crippen LogP contribution in [0.3, 0.4) is 0 Å². The molecule has 0 aliphatic heterocycles. The van der Waals surface area contributed by atoms with Gasteiger partial charge in [-0.2, -0.15) is 0 Å². The summed E-state index contributed by atoms with van der Waals surface area (Å²) in [5.41, 5.74) is 1.24. The number of halogens is 1. The molecule has 2 heteroatoms. The normalized spacial score (nSPS) is 12.6. The van der Waals surface area contributed by atoms with E-state index in [4.69, 9.17) is 11.6 Å². The molecule has 1 aromatic rings. The monoisotopic (exact) mass is 253 g/mol. The topological polar surface area (TPSA) is 12.0 Å². The maximum Gasteiger partial charge on any atom is 0.0438 e.